The van der Waals surface area contributed by atoms with E-state index < -0.39 is 16.8 Å². The largest absolute Gasteiger partial charge is 0.481 e. The lowest BCUT2D eigenvalue weighted by Gasteiger charge is -1.92. The molecule has 1 atom stereocenters. The molecule has 0 saturated carbocycles. The minimum absolute atomic E-state index is 0.214. The molecule has 3 nitrogen and oxygen atoms in total. The number of carboxylic acids is 1. The third-order valence-corrected chi connectivity index (χ3v) is 2.15. The molecule has 0 rings (SSSR count). The van der Waals surface area contributed by atoms with Crippen LogP contribution in [-0.2, 0) is 15.6 Å². The van der Waals surface area contributed by atoms with E-state index in [9.17, 15) is 9.00 Å². The molecule has 0 saturated heterocycles. The van der Waals surface area contributed by atoms with E-state index in [2.05, 4.69) is 0 Å². The molecule has 0 radical (unpaired) electrons. The van der Waals surface area contributed by atoms with Crippen LogP contribution in [0.1, 0.15) is 13.3 Å². The van der Waals surface area contributed by atoms with Crippen LogP contribution >= 0.6 is 0 Å². The molecule has 0 amide bonds. The lowest BCUT2D eigenvalue weighted by atomic mass is 10.6. The Bertz CT molecular complexity index is 121. The summed E-state index contributed by atoms with van der Waals surface area (Å²) in [4.78, 5) is 9.89. The molecule has 0 aliphatic rings. The van der Waals surface area contributed by atoms with Crippen molar-refractivity contribution in [3.63, 3.8) is 0 Å². The summed E-state index contributed by atoms with van der Waals surface area (Å²) in [5.74, 6) is -0.707. The predicted octanol–water partition coefficient (Wildman–Crippen LogP) is 0.230. The molecule has 0 aromatic rings. The molecule has 0 unspecified atom stereocenters. The summed E-state index contributed by atoms with van der Waals surface area (Å²) in [5.41, 5.74) is 0. The molecule has 0 aliphatic heterocycles. The second-order valence-corrected chi connectivity index (χ2v) is 3.26. The van der Waals surface area contributed by atoms with Gasteiger partial charge in [-0.05, 0) is 6.42 Å². The molecule has 1 N–H and O–H groups in total. The summed E-state index contributed by atoms with van der Waals surface area (Å²) >= 11 is 0. The highest BCUT2D eigenvalue weighted by Crippen LogP contribution is 1.85. The summed E-state index contributed by atoms with van der Waals surface area (Å²) in [6.07, 6.45) is 0.778. The van der Waals surface area contributed by atoms with Crippen LogP contribution in [0.25, 0.3) is 0 Å². The van der Waals surface area contributed by atoms with E-state index in [4.69, 9.17) is 5.11 Å². The van der Waals surface area contributed by atoms with Crippen LogP contribution in [0.2, 0.25) is 0 Å². The Morgan fingerprint density at radius 1 is 1.67 bits per heavy atom. The van der Waals surface area contributed by atoms with E-state index in [0.29, 0.717) is 5.75 Å². The third-order valence-electron chi connectivity index (χ3n) is 0.716. The number of rotatable bonds is 4. The normalized spacial score (nSPS) is 13.0. The Labute approximate surface area is 56.5 Å². The molecular weight excluding hydrogens is 140 g/mol. The molecule has 0 aliphatic carbocycles. The zero-order valence-electron chi connectivity index (χ0n) is 5.29. The fraction of sp³-hybridized carbons (Fsp3) is 0.800. The first kappa shape index (κ1) is 8.62. The van der Waals surface area contributed by atoms with Gasteiger partial charge < -0.3 is 5.11 Å². The van der Waals surface area contributed by atoms with Gasteiger partial charge >= 0.3 is 5.97 Å². The van der Waals surface area contributed by atoms with Crippen LogP contribution < -0.4 is 0 Å². The van der Waals surface area contributed by atoms with Crippen LogP contribution in [0.4, 0.5) is 0 Å². The Morgan fingerprint density at radius 2 is 2.22 bits per heavy atom. The maximum atomic E-state index is 10.6. The minimum atomic E-state index is -1.15. The maximum absolute atomic E-state index is 10.6. The van der Waals surface area contributed by atoms with Gasteiger partial charge in [-0.2, -0.15) is 0 Å². The molecule has 4 heteroatoms. The van der Waals surface area contributed by atoms with E-state index in [1.54, 1.807) is 0 Å². The number of hydrogen-bond acceptors (Lipinski definition) is 2. The second kappa shape index (κ2) is 4.49. The van der Waals surface area contributed by atoms with Crippen molar-refractivity contribution in [1.29, 1.82) is 0 Å². The molecular formula is C5H10O3S. The van der Waals surface area contributed by atoms with Crippen molar-refractivity contribution in [3.05, 3.63) is 0 Å². The molecule has 0 heterocycles. The Hall–Kier alpha value is -0.380. The SMILES string of the molecule is CCC[S@@](=O)CC(=O)O. The summed E-state index contributed by atoms with van der Waals surface area (Å²) < 4.78 is 10.6. The number of hydrogen-bond donors (Lipinski definition) is 1. The van der Waals surface area contributed by atoms with Gasteiger partial charge in [0.2, 0.25) is 0 Å². The quantitative estimate of drug-likeness (QED) is 0.624. The highest BCUT2D eigenvalue weighted by molar-refractivity contribution is 7.85. The lowest BCUT2D eigenvalue weighted by Crippen LogP contribution is -2.11. The third kappa shape index (κ3) is 5.49. The van der Waals surface area contributed by atoms with Gasteiger partial charge in [0, 0.05) is 16.6 Å². The summed E-state index contributed by atoms with van der Waals surface area (Å²) in [5, 5.41) is 8.12. The van der Waals surface area contributed by atoms with Crippen molar-refractivity contribution in [2.75, 3.05) is 11.5 Å². The van der Waals surface area contributed by atoms with Gasteiger partial charge in [0.05, 0.1) is 0 Å². The summed E-state index contributed by atoms with van der Waals surface area (Å²) in [6.45, 7) is 1.87. The second-order valence-electron chi connectivity index (χ2n) is 1.68. The van der Waals surface area contributed by atoms with Crippen molar-refractivity contribution >= 4 is 16.8 Å². The maximum Gasteiger partial charge on any atom is 0.316 e. The smallest absolute Gasteiger partial charge is 0.316 e. The van der Waals surface area contributed by atoms with E-state index in [0.717, 1.165) is 6.42 Å². The van der Waals surface area contributed by atoms with Crippen molar-refractivity contribution in [2.45, 2.75) is 13.3 Å². The van der Waals surface area contributed by atoms with Gasteiger partial charge in [0.15, 0.2) is 0 Å². The van der Waals surface area contributed by atoms with Crippen LogP contribution in [-0.4, -0.2) is 26.8 Å². The van der Waals surface area contributed by atoms with Crippen molar-refractivity contribution in [2.24, 2.45) is 0 Å². The Morgan fingerprint density at radius 3 is 2.56 bits per heavy atom. The van der Waals surface area contributed by atoms with Gasteiger partial charge in [-0.15, -0.1) is 0 Å². The fourth-order valence-corrected chi connectivity index (χ4v) is 1.31. The Balaban J connectivity index is 3.39. The molecule has 0 bridgehead atoms. The fourth-order valence-electron chi connectivity index (χ4n) is 0.438. The van der Waals surface area contributed by atoms with Crippen molar-refractivity contribution in [1.82, 2.24) is 0 Å². The van der Waals surface area contributed by atoms with Crippen LogP contribution in [0, 0.1) is 0 Å². The van der Waals surface area contributed by atoms with E-state index >= 15 is 0 Å². The first-order chi connectivity index (χ1) is 4.16. The predicted molar refractivity (Wildman–Crippen MR) is 35.8 cm³/mol. The lowest BCUT2D eigenvalue weighted by molar-refractivity contribution is -0.133. The highest BCUT2D eigenvalue weighted by Gasteiger charge is 2.02. The van der Waals surface area contributed by atoms with Gasteiger partial charge in [0.1, 0.15) is 5.75 Å². The summed E-state index contributed by atoms with van der Waals surface area (Å²) in [6, 6.07) is 0. The van der Waals surface area contributed by atoms with Gasteiger partial charge in [0.25, 0.3) is 0 Å². The number of aliphatic carboxylic acids is 1. The zero-order chi connectivity index (χ0) is 7.28. The molecule has 9 heavy (non-hydrogen) atoms. The van der Waals surface area contributed by atoms with Crippen molar-refractivity contribution in [3.8, 4) is 0 Å². The van der Waals surface area contributed by atoms with Crippen LogP contribution in [0.5, 0.6) is 0 Å². The highest BCUT2D eigenvalue weighted by atomic mass is 32.2. The van der Waals surface area contributed by atoms with Crippen LogP contribution in [0.3, 0.4) is 0 Å². The zero-order valence-corrected chi connectivity index (χ0v) is 6.11. The number of carboxylic acid groups (broad SMARTS) is 1. The monoisotopic (exact) mass is 150 g/mol. The first-order valence-corrected chi connectivity index (χ1v) is 4.22. The summed E-state index contributed by atoms with van der Waals surface area (Å²) in [7, 11) is -1.15. The molecule has 0 aromatic heterocycles. The van der Waals surface area contributed by atoms with Gasteiger partial charge in [-0.25, -0.2) is 0 Å². The Kier molecular flexibility index (Phi) is 4.30. The van der Waals surface area contributed by atoms with E-state index in [1.807, 2.05) is 6.92 Å². The topological polar surface area (TPSA) is 54.4 Å². The van der Waals surface area contributed by atoms with Gasteiger partial charge in [-0.1, -0.05) is 6.92 Å². The molecule has 0 fully saturated rings. The number of carbonyl (C=O) groups is 1. The van der Waals surface area contributed by atoms with Crippen LogP contribution in [0.15, 0.2) is 0 Å². The van der Waals surface area contributed by atoms with Gasteiger partial charge in [-0.3, -0.25) is 9.00 Å². The first-order valence-electron chi connectivity index (χ1n) is 2.73. The average molecular weight is 150 g/mol. The molecule has 0 aromatic carbocycles. The molecule has 54 valence electrons. The minimum Gasteiger partial charge on any atom is -0.481 e. The molecule has 0 spiro atoms. The van der Waals surface area contributed by atoms with E-state index in [-0.39, 0.29) is 5.75 Å². The average Bonchev–Trinajstić information content (AvgIpc) is 1.63. The standard InChI is InChI=1S/C5H10O3S/c1-2-3-9(8)4-5(6)7/h2-4H2,1H3,(H,6,7)/t9-/m1/s1. The van der Waals surface area contributed by atoms with Crippen molar-refractivity contribution < 1.29 is 14.1 Å². The van der Waals surface area contributed by atoms with E-state index in [1.165, 1.54) is 0 Å².